The molecule has 1 aromatic heterocycles. The van der Waals surface area contributed by atoms with Gasteiger partial charge in [0.25, 0.3) is 5.91 Å². The van der Waals surface area contributed by atoms with E-state index in [4.69, 9.17) is 4.74 Å². The highest BCUT2D eigenvalue weighted by molar-refractivity contribution is 7.08. The first kappa shape index (κ1) is 11.2. The number of aliphatic hydroxyl groups excluding tert-OH is 1. The second kappa shape index (κ2) is 5.74. The van der Waals surface area contributed by atoms with Crippen molar-refractivity contribution < 1.29 is 14.6 Å². The highest BCUT2D eigenvalue weighted by Gasteiger charge is 2.08. The minimum absolute atomic E-state index is 0.165. The quantitative estimate of drug-likeness (QED) is 0.751. The number of amides is 1. The molecule has 1 unspecified atom stereocenters. The van der Waals surface area contributed by atoms with Crippen LogP contribution in [0.2, 0.25) is 0 Å². The lowest BCUT2D eigenvalue weighted by atomic mass is 10.3. The third-order valence-corrected chi connectivity index (χ3v) is 2.32. The van der Waals surface area contributed by atoms with Crippen LogP contribution in [0.1, 0.15) is 10.4 Å². The Balaban J connectivity index is 2.28. The molecule has 0 fully saturated rings. The number of methoxy groups -OCH3 is 1. The highest BCUT2D eigenvalue weighted by Crippen LogP contribution is 2.04. The number of hydrogen-bond donors (Lipinski definition) is 2. The van der Waals surface area contributed by atoms with Gasteiger partial charge in [-0.2, -0.15) is 11.3 Å². The lowest BCUT2D eigenvalue weighted by Crippen LogP contribution is -2.34. The summed E-state index contributed by atoms with van der Waals surface area (Å²) in [6.45, 7) is 0.437. The lowest BCUT2D eigenvalue weighted by molar-refractivity contribution is 0.0610. The maximum absolute atomic E-state index is 11.4. The first-order valence-corrected chi connectivity index (χ1v) is 5.15. The van der Waals surface area contributed by atoms with E-state index in [1.807, 2.05) is 5.38 Å². The largest absolute Gasteiger partial charge is 0.389 e. The van der Waals surface area contributed by atoms with Crippen molar-refractivity contribution in [3.8, 4) is 0 Å². The van der Waals surface area contributed by atoms with Crippen molar-refractivity contribution >= 4 is 17.2 Å². The Morgan fingerprint density at radius 3 is 3.14 bits per heavy atom. The van der Waals surface area contributed by atoms with Crippen LogP contribution < -0.4 is 5.32 Å². The highest BCUT2D eigenvalue weighted by atomic mass is 32.1. The van der Waals surface area contributed by atoms with E-state index in [2.05, 4.69) is 5.32 Å². The predicted molar refractivity (Wildman–Crippen MR) is 54.5 cm³/mol. The molecule has 14 heavy (non-hydrogen) atoms. The molecular weight excluding hydrogens is 202 g/mol. The third kappa shape index (κ3) is 3.45. The van der Waals surface area contributed by atoms with Crippen LogP contribution in [0, 0.1) is 0 Å². The number of nitrogens with one attached hydrogen (secondary N) is 1. The van der Waals surface area contributed by atoms with E-state index in [0.29, 0.717) is 5.56 Å². The lowest BCUT2D eigenvalue weighted by Gasteiger charge is -2.09. The molecule has 0 radical (unpaired) electrons. The van der Waals surface area contributed by atoms with Crippen molar-refractivity contribution in [3.05, 3.63) is 22.4 Å². The van der Waals surface area contributed by atoms with Gasteiger partial charge < -0.3 is 15.2 Å². The molecule has 78 valence electrons. The molecule has 1 atom stereocenters. The Morgan fingerprint density at radius 1 is 1.79 bits per heavy atom. The van der Waals surface area contributed by atoms with E-state index >= 15 is 0 Å². The van der Waals surface area contributed by atoms with Crippen molar-refractivity contribution in [1.82, 2.24) is 5.32 Å². The van der Waals surface area contributed by atoms with E-state index in [0.717, 1.165) is 0 Å². The zero-order valence-electron chi connectivity index (χ0n) is 7.90. The van der Waals surface area contributed by atoms with Crippen LogP contribution in [0.3, 0.4) is 0 Å². The van der Waals surface area contributed by atoms with Crippen molar-refractivity contribution in [1.29, 1.82) is 0 Å². The Labute approximate surface area is 86.5 Å². The molecule has 0 saturated carbocycles. The minimum Gasteiger partial charge on any atom is -0.389 e. The molecule has 1 aromatic rings. The van der Waals surface area contributed by atoms with Gasteiger partial charge in [0.05, 0.1) is 12.7 Å². The monoisotopic (exact) mass is 215 g/mol. The fraction of sp³-hybridized carbons (Fsp3) is 0.444. The summed E-state index contributed by atoms with van der Waals surface area (Å²) in [6.07, 6.45) is -0.650. The van der Waals surface area contributed by atoms with Crippen LogP contribution >= 0.6 is 11.3 Å². The zero-order valence-corrected chi connectivity index (χ0v) is 8.71. The molecule has 0 aliphatic carbocycles. The van der Waals surface area contributed by atoms with Crippen molar-refractivity contribution in [2.24, 2.45) is 0 Å². The van der Waals surface area contributed by atoms with Crippen LogP contribution in [-0.4, -0.2) is 37.4 Å². The smallest absolute Gasteiger partial charge is 0.252 e. The second-order valence-electron chi connectivity index (χ2n) is 2.83. The first-order chi connectivity index (χ1) is 6.74. The molecule has 1 rings (SSSR count). The van der Waals surface area contributed by atoms with Gasteiger partial charge in [-0.05, 0) is 11.4 Å². The van der Waals surface area contributed by atoms with Gasteiger partial charge in [-0.15, -0.1) is 0 Å². The molecule has 0 aliphatic heterocycles. The third-order valence-electron chi connectivity index (χ3n) is 1.64. The fourth-order valence-corrected chi connectivity index (χ4v) is 1.59. The molecule has 0 saturated heterocycles. The van der Waals surface area contributed by atoms with Crippen LogP contribution in [0.4, 0.5) is 0 Å². The number of ether oxygens (including phenoxy) is 1. The van der Waals surface area contributed by atoms with Crippen molar-refractivity contribution in [2.45, 2.75) is 6.10 Å². The Morgan fingerprint density at radius 2 is 2.57 bits per heavy atom. The van der Waals surface area contributed by atoms with Gasteiger partial charge >= 0.3 is 0 Å². The molecule has 1 amide bonds. The van der Waals surface area contributed by atoms with E-state index < -0.39 is 6.10 Å². The van der Waals surface area contributed by atoms with Gasteiger partial charge in [0, 0.05) is 24.6 Å². The minimum atomic E-state index is -0.650. The normalized spacial score (nSPS) is 12.4. The summed E-state index contributed by atoms with van der Waals surface area (Å²) in [5.41, 5.74) is 0.625. The molecule has 0 aromatic carbocycles. The fourth-order valence-electron chi connectivity index (χ4n) is 0.958. The number of carbonyl (C=O) groups excluding carboxylic acids is 1. The van der Waals surface area contributed by atoms with Crippen molar-refractivity contribution in [2.75, 3.05) is 20.3 Å². The first-order valence-electron chi connectivity index (χ1n) is 4.21. The summed E-state index contributed by atoms with van der Waals surface area (Å²) >= 11 is 1.46. The molecule has 5 heteroatoms. The number of hydrogen-bond acceptors (Lipinski definition) is 4. The summed E-state index contributed by atoms with van der Waals surface area (Å²) in [7, 11) is 1.50. The SMILES string of the molecule is COCC(O)CNC(=O)c1ccsc1. The van der Waals surface area contributed by atoms with Crippen LogP contribution in [0.5, 0.6) is 0 Å². The van der Waals surface area contributed by atoms with E-state index in [1.54, 1.807) is 11.4 Å². The molecular formula is C9H13NO3S. The van der Waals surface area contributed by atoms with Crippen LogP contribution in [-0.2, 0) is 4.74 Å². The Hall–Kier alpha value is -0.910. The molecule has 0 spiro atoms. The number of thiophene rings is 1. The molecule has 2 N–H and O–H groups in total. The molecule has 0 aliphatic rings. The molecule has 0 bridgehead atoms. The van der Waals surface area contributed by atoms with Crippen molar-refractivity contribution in [3.63, 3.8) is 0 Å². The Bertz CT molecular complexity index is 274. The maximum Gasteiger partial charge on any atom is 0.252 e. The van der Waals surface area contributed by atoms with Gasteiger partial charge in [-0.25, -0.2) is 0 Å². The maximum atomic E-state index is 11.4. The Kier molecular flexibility index (Phi) is 4.58. The van der Waals surface area contributed by atoms with Gasteiger partial charge in [0.2, 0.25) is 0 Å². The van der Waals surface area contributed by atoms with E-state index in [1.165, 1.54) is 18.4 Å². The topological polar surface area (TPSA) is 58.6 Å². The number of rotatable bonds is 5. The summed E-state index contributed by atoms with van der Waals surface area (Å²) in [5.74, 6) is -0.165. The van der Waals surface area contributed by atoms with Crippen LogP contribution in [0.15, 0.2) is 16.8 Å². The number of carbonyl (C=O) groups is 1. The van der Waals surface area contributed by atoms with E-state index in [-0.39, 0.29) is 19.1 Å². The predicted octanol–water partition coefficient (Wildman–Crippen LogP) is 0.485. The summed E-state index contributed by atoms with van der Waals surface area (Å²) in [4.78, 5) is 11.4. The molecule has 1 heterocycles. The summed E-state index contributed by atoms with van der Waals surface area (Å²) < 4.78 is 4.73. The molecule has 4 nitrogen and oxygen atoms in total. The van der Waals surface area contributed by atoms with Gasteiger partial charge in [-0.3, -0.25) is 4.79 Å². The van der Waals surface area contributed by atoms with Gasteiger partial charge in [0.15, 0.2) is 0 Å². The summed E-state index contributed by atoms with van der Waals surface area (Å²) in [5, 5.41) is 15.5. The van der Waals surface area contributed by atoms with Crippen LogP contribution in [0.25, 0.3) is 0 Å². The van der Waals surface area contributed by atoms with Gasteiger partial charge in [0.1, 0.15) is 0 Å². The second-order valence-corrected chi connectivity index (χ2v) is 3.61. The summed E-state index contributed by atoms with van der Waals surface area (Å²) in [6, 6.07) is 1.74. The number of aliphatic hydroxyl groups is 1. The average molecular weight is 215 g/mol. The van der Waals surface area contributed by atoms with E-state index in [9.17, 15) is 9.90 Å². The standard InChI is InChI=1S/C9H13NO3S/c1-13-5-8(11)4-10-9(12)7-2-3-14-6-7/h2-3,6,8,11H,4-5H2,1H3,(H,10,12). The van der Waals surface area contributed by atoms with Gasteiger partial charge in [-0.1, -0.05) is 0 Å². The average Bonchev–Trinajstić information content (AvgIpc) is 2.67. The zero-order chi connectivity index (χ0) is 10.4.